The highest BCUT2D eigenvalue weighted by atomic mass is 16.3. The summed E-state index contributed by atoms with van der Waals surface area (Å²) in [4.78, 5) is 3.77. The average molecular weight is 141 g/mol. The lowest BCUT2D eigenvalue weighted by Gasteiger charge is -2.13. The van der Waals surface area contributed by atoms with E-state index >= 15 is 0 Å². The van der Waals surface area contributed by atoms with Gasteiger partial charge in [0.1, 0.15) is 12.7 Å². The van der Waals surface area contributed by atoms with Crippen LogP contribution in [-0.4, -0.2) is 26.0 Å². The molecule has 0 aliphatic rings. The van der Waals surface area contributed by atoms with Crippen LogP contribution < -0.4 is 0 Å². The zero-order valence-corrected chi connectivity index (χ0v) is 6.10. The third-order valence-corrected chi connectivity index (χ3v) is 1.55. The molecule has 10 heavy (non-hydrogen) atoms. The molecule has 0 aliphatic heterocycles. The Labute approximate surface area is 59.5 Å². The molecule has 0 saturated heterocycles. The van der Waals surface area contributed by atoms with Crippen molar-refractivity contribution in [1.82, 2.24) is 14.8 Å². The largest absolute Gasteiger partial charge is 0.391 e. The standard InChI is InChI=1S/C6H11N3O/c1-5(6(2)10)9-4-7-3-8-9/h3-6,10H,1-2H3. The van der Waals surface area contributed by atoms with E-state index in [1.165, 1.54) is 6.33 Å². The van der Waals surface area contributed by atoms with Crippen molar-refractivity contribution in [2.45, 2.75) is 26.0 Å². The lowest BCUT2D eigenvalue weighted by Crippen LogP contribution is -2.18. The maximum atomic E-state index is 9.10. The van der Waals surface area contributed by atoms with E-state index in [-0.39, 0.29) is 12.1 Å². The predicted molar refractivity (Wildman–Crippen MR) is 36.4 cm³/mol. The molecule has 1 rings (SSSR count). The van der Waals surface area contributed by atoms with Gasteiger partial charge in [-0.05, 0) is 13.8 Å². The van der Waals surface area contributed by atoms with Gasteiger partial charge in [-0.2, -0.15) is 5.10 Å². The van der Waals surface area contributed by atoms with Gasteiger partial charge in [-0.3, -0.25) is 0 Å². The molecule has 1 aromatic rings. The van der Waals surface area contributed by atoms with E-state index < -0.39 is 0 Å². The predicted octanol–water partition coefficient (Wildman–Crippen LogP) is 0.220. The van der Waals surface area contributed by atoms with Crippen LogP contribution in [0.3, 0.4) is 0 Å². The topological polar surface area (TPSA) is 50.9 Å². The van der Waals surface area contributed by atoms with Gasteiger partial charge in [0.05, 0.1) is 12.1 Å². The number of aliphatic hydroxyl groups excluding tert-OH is 1. The molecule has 1 heterocycles. The van der Waals surface area contributed by atoms with E-state index in [2.05, 4.69) is 10.1 Å². The molecular formula is C6H11N3O. The van der Waals surface area contributed by atoms with E-state index in [1.54, 1.807) is 17.9 Å². The Morgan fingerprint density at radius 3 is 2.60 bits per heavy atom. The molecular weight excluding hydrogens is 130 g/mol. The quantitative estimate of drug-likeness (QED) is 0.641. The summed E-state index contributed by atoms with van der Waals surface area (Å²) in [5, 5.41) is 13.0. The second kappa shape index (κ2) is 2.79. The maximum Gasteiger partial charge on any atom is 0.137 e. The molecule has 56 valence electrons. The Balaban J connectivity index is 2.68. The zero-order valence-electron chi connectivity index (χ0n) is 6.10. The first-order valence-corrected chi connectivity index (χ1v) is 3.24. The minimum absolute atomic E-state index is 0.00231. The summed E-state index contributed by atoms with van der Waals surface area (Å²) in [5.74, 6) is 0. The van der Waals surface area contributed by atoms with Gasteiger partial charge in [0.25, 0.3) is 0 Å². The summed E-state index contributed by atoms with van der Waals surface area (Å²) < 4.78 is 1.63. The Kier molecular flexibility index (Phi) is 2.01. The van der Waals surface area contributed by atoms with Crippen molar-refractivity contribution in [1.29, 1.82) is 0 Å². The number of aliphatic hydroxyl groups is 1. The molecule has 0 aliphatic carbocycles. The fraction of sp³-hybridized carbons (Fsp3) is 0.667. The van der Waals surface area contributed by atoms with Crippen molar-refractivity contribution in [3.05, 3.63) is 12.7 Å². The fourth-order valence-corrected chi connectivity index (χ4v) is 0.649. The van der Waals surface area contributed by atoms with Crippen molar-refractivity contribution in [2.24, 2.45) is 0 Å². The van der Waals surface area contributed by atoms with Crippen molar-refractivity contribution in [2.75, 3.05) is 0 Å². The Hall–Kier alpha value is -0.900. The lowest BCUT2D eigenvalue weighted by atomic mass is 10.2. The molecule has 0 radical (unpaired) electrons. The summed E-state index contributed by atoms with van der Waals surface area (Å²) in [6, 6.07) is 0.00231. The zero-order chi connectivity index (χ0) is 7.56. The van der Waals surface area contributed by atoms with Crippen LogP contribution in [0.1, 0.15) is 19.9 Å². The lowest BCUT2D eigenvalue weighted by molar-refractivity contribution is 0.132. The van der Waals surface area contributed by atoms with Crippen molar-refractivity contribution in [3.8, 4) is 0 Å². The highest BCUT2D eigenvalue weighted by Gasteiger charge is 2.09. The second-order valence-electron chi connectivity index (χ2n) is 2.36. The molecule has 0 amide bonds. The van der Waals surface area contributed by atoms with Gasteiger partial charge in [-0.1, -0.05) is 0 Å². The van der Waals surface area contributed by atoms with E-state index in [4.69, 9.17) is 5.11 Å². The monoisotopic (exact) mass is 141 g/mol. The van der Waals surface area contributed by atoms with Crippen LogP contribution in [0.4, 0.5) is 0 Å². The highest BCUT2D eigenvalue weighted by Crippen LogP contribution is 2.06. The van der Waals surface area contributed by atoms with Gasteiger partial charge in [-0.25, -0.2) is 9.67 Å². The Morgan fingerprint density at radius 2 is 2.20 bits per heavy atom. The first kappa shape index (κ1) is 7.21. The van der Waals surface area contributed by atoms with Gasteiger partial charge < -0.3 is 5.11 Å². The molecule has 0 bridgehead atoms. The van der Waals surface area contributed by atoms with E-state index in [0.717, 1.165) is 0 Å². The molecule has 0 spiro atoms. The number of nitrogens with zero attached hydrogens (tertiary/aromatic N) is 3. The Morgan fingerprint density at radius 1 is 1.50 bits per heavy atom. The van der Waals surface area contributed by atoms with Crippen molar-refractivity contribution in [3.63, 3.8) is 0 Å². The minimum Gasteiger partial charge on any atom is -0.391 e. The molecule has 0 saturated carbocycles. The molecule has 2 atom stereocenters. The molecule has 1 N–H and O–H groups in total. The van der Waals surface area contributed by atoms with Crippen LogP contribution in [-0.2, 0) is 0 Å². The number of aromatic nitrogens is 3. The van der Waals surface area contributed by atoms with Gasteiger partial charge in [0.15, 0.2) is 0 Å². The number of hydrogen-bond donors (Lipinski definition) is 1. The summed E-state index contributed by atoms with van der Waals surface area (Å²) in [5.41, 5.74) is 0. The summed E-state index contributed by atoms with van der Waals surface area (Å²) in [7, 11) is 0. The average Bonchev–Trinajstić information content (AvgIpc) is 2.36. The summed E-state index contributed by atoms with van der Waals surface area (Å²) >= 11 is 0. The first-order valence-electron chi connectivity index (χ1n) is 3.24. The summed E-state index contributed by atoms with van der Waals surface area (Å²) in [6.45, 7) is 3.62. The molecule has 0 fully saturated rings. The SMILES string of the molecule is CC(O)C(C)n1cncn1. The molecule has 1 aromatic heterocycles. The minimum atomic E-state index is -0.387. The van der Waals surface area contributed by atoms with Crippen molar-refractivity contribution < 1.29 is 5.11 Å². The van der Waals surface area contributed by atoms with Crippen LogP contribution in [0.2, 0.25) is 0 Å². The van der Waals surface area contributed by atoms with Crippen molar-refractivity contribution >= 4 is 0 Å². The van der Waals surface area contributed by atoms with Crippen LogP contribution in [0.25, 0.3) is 0 Å². The molecule has 2 unspecified atom stereocenters. The molecule has 4 nitrogen and oxygen atoms in total. The fourth-order valence-electron chi connectivity index (χ4n) is 0.649. The van der Waals surface area contributed by atoms with Gasteiger partial charge in [0.2, 0.25) is 0 Å². The number of rotatable bonds is 2. The number of hydrogen-bond acceptors (Lipinski definition) is 3. The normalized spacial score (nSPS) is 16.7. The van der Waals surface area contributed by atoms with E-state index in [9.17, 15) is 0 Å². The maximum absolute atomic E-state index is 9.10. The van der Waals surface area contributed by atoms with E-state index in [1.807, 2.05) is 6.92 Å². The van der Waals surface area contributed by atoms with Crippen LogP contribution in [0, 0.1) is 0 Å². The second-order valence-corrected chi connectivity index (χ2v) is 2.36. The van der Waals surface area contributed by atoms with Crippen LogP contribution in [0.5, 0.6) is 0 Å². The third-order valence-electron chi connectivity index (χ3n) is 1.55. The van der Waals surface area contributed by atoms with Gasteiger partial charge >= 0.3 is 0 Å². The molecule has 0 aromatic carbocycles. The Bertz CT molecular complexity index is 183. The van der Waals surface area contributed by atoms with Crippen LogP contribution in [0.15, 0.2) is 12.7 Å². The molecule has 4 heteroatoms. The first-order chi connectivity index (χ1) is 4.72. The summed E-state index contributed by atoms with van der Waals surface area (Å²) in [6.07, 6.45) is 2.66. The van der Waals surface area contributed by atoms with Crippen LogP contribution >= 0.6 is 0 Å². The van der Waals surface area contributed by atoms with Gasteiger partial charge in [0, 0.05) is 0 Å². The van der Waals surface area contributed by atoms with Gasteiger partial charge in [-0.15, -0.1) is 0 Å². The highest BCUT2D eigenvalue weighted by molar-refractivity contribution is 4.68. The smallest absolute Gasteiger partial charge is 0.137 e. The third kappa shape index (κ3) is 1.33. The van der Waals surface area contributed by atoms with E-state index in [0.29, 0.717) is 0 Å².